The number of anilines is 1. The van der Waals surface area contributed by atoms with Crippen molar-refractivity contribution in [3.05, 3.63) is 29.8 Å². The lowest BCUT2D eigenvalue weighted by molar-refractivity contribution is -0.144. The molecule has 0 aliphatic carbocycles. The zero-order chi connectivity index (χ0) is 13.8. The molecule has 1 atom stereocenters. The molecule has 0 aliphatic heterocycles. The highest BCUT2D eigenvalue weighted by atomic mass is 16.5. The summed E-state index contributed by atoms with van der Waals surface area (Å²) in [5.41, 5.74) is 2.42. The van der Waals surface area contributed by atoms with E-state index in [9.17, 15) is 4.79 Å². The van der Waals surface area contributed by atoms with Crippen LogP contribution in [0.3, 0.4) is 0 Å². The van der Waals surface area contributed by atoms with Crippen LogP contribution in [0.25, 0.3) is 0 Å². The van der Waals surface area contributed by atoms with Gasteiger partial charge in [0.2, 0.25) is 0 Å². The Morgan fingerprint density at radius 3 is 2.50 bits per heavy atom. The van der Waals surface area contributed by atoms with Crippen molar-refractivity contribution in [1.29, 1.82) is 0 Å². The molecule has 0 spiro atoms. The van der Waals surface area contributed by atoms with Crippen molar-refractivity contribution in [2.75, 3.05) is 19.0 Å². The van der Waals surface area contributed by atoms with E-state index in [4.69, 9.17) is 4.74 Å². The molecule has 0 heterocycles. The Labute approximate surface area is 110 Å². The number of benzene rings is 1. The van der Waals surface area contributed by atoms with Crippen LogP contribution in [-0.2, 0) is 14.9 Å². The van der Waals surface area contributed by atoms with Crippen LogP contribution in [0, 0.1) is 5.92 Å². The van der Waals surface area contributed by atoms with E-state index in [1.165, 1.54) is 12.7 Å². The number of nitrogens with one attached hydrogen (secondary N) is 1. The number of esters is 1. The van der Waals surface area contributed by atoms with Gasteiger partial charge in [-0.05, 0) is 17.0 Å². The summed E-state index contributed by atoms with van der Waals surface area (Å²) in [4.78, 5) is 11.4. The first-order valence-corrected chi connectivity index (χ1v) is 6.27. The van der Waals surface area contributed by atoms with Crippen LogP contribution in [0.2, 0.25) is 0 Å². The van der Waals surface area contributed by atoms with Gasteiger partial charge in [-0.1, -0.05) is 45.9 Å². The molecule has 3 heteroatoms. The number of rotatable bonds is 4. The average molecular weight is 249 g/mol. The van der Waals surface area contributed by atoms with Gasteiger partial charge in [0.05, 0.1) is 13.0 Å². The zero-order valence-corrected chi connectivity index (χ0v) is 11.9. The summed E-state index contributed by atoms with van der Waals surface area (Å²) in [6.45, 7) is 8.98. The summed E-state index contributed by atoms with van der Waals surface area (Å²) in [5, 5.41) is 3.33. The number of para-hydroxylation sites is 1. The summed E-state index contributed by atoms with van der Waals surface area (Å²) >= 11 is 0. The fourth-order valence-electron chi connectivity index (χ4n) is 1.84. The normalized spacial score (nSPS) is 12.9. The van der Waals surface area contributed by atoms with Crippen molar-refractivity contribution in [3.63, 3.8) is 0 Å². The third-order valence-corrected chi connectivity index (χ3v) is 2.94. The van der Waals surface area contributed by atoms with E-state index in [1.807, 2.05) is 25.1 Å². The number of carbonyl (C=O) groups is 1. The van der Waals surface area contributed by atoms with Gasteiger partial charge in [-0.25, -0.2) is 0 Å². The minimum atomic E-state index is -0.185. The summed E-state index contributed by atoms with van der Waals surface area (Å²) in [6.07, 6.45) is 0. The molecule has 0 saturated heterocycles. The van der Waals surface area contributed by atoms with E-state index in [-0.39, 0.29) is 17.3 Å². The van der Waals surface area contributed by atoms with E-state index in [0.29, 0.717) is 6.54 Å². The van der Waals surface area contributed by atoms with Gasteiger partial charge < -0.3 is 10.1 Å². The Kier molecular flexibility index (Phi) is 4.76. The van der Waals surface area contributed by atoms with Gasteiger partial charge in [0.25, 0.3) is 0 Å². The molecule has 1 unspecified atom stereocenters. The average Bonchev–Trinajstić information content (AvgIpc) is 2.34. The highest BCUT2D eigenvalue weighted by molar-refractivity contribution is 5.72. The van der Waals surface area contributed by atoms with Crippen LogP contribution in [-0.4, -0.2) is 19.6 Å². The summed E-state index contributed by atoms with van der Waals surface area (Å²) in [7, 11) is 1.42. The molecule has 1 aromatic rings. The maximum atomic E-state index is 11.4. The fourth-order valence-corrected chi connectivity index (χ4v) is 1.84. The number of ether oxygens (including phenoxy) is 1. The molecule has 0 saturated carbocycles. The Hall–Kier alpha value is -1.51. The number of methoxy groups -OCH3 is 1. The second-order valence-corrected chi connectivity index (χ2v) is 5.60. The smallest absolute Gasteiger partial charge is 0.310 e. The summed E-state index contributed by atoms with van der Waals surface area (Å²) < 4.78 is 4.72. The van der Waals surface area contributed by atoms with Gasteiger partial charge in [-0.3, -0.25) is 4.79 Å². The van der Waals surface area contributed by atoms with Crippen molar-refractivity contribution in [1.82, 2.24) is 0 Å². The van der Waals surface area contributed by atoms with Gasteiger partial charge in [-0.15, -0.1) is 0 Å². The fraction of sp³-hybridized carbons (Fsp3) is 0.533. The highest BCUT2D eigenvalue weighted by Gasteiger charge is 2.18. The Morgan fingerprint density at radius 1 is 1.33 bits per heavy atom. The first kappa shape index (κ1) is 14.6. The van der Waals surface area contributed by atoms with E-state index in [2.05, 4.69) is 32.2 Å². The summed E-state index contributed by atoms with van der Waals surface area (Å²) in [5.74, 6) is -0.334. The minimum absolute atomic E-state index is 0.0814. The lowest BCUT2D eigenvalue weighted by Gasteiger charge is -2.24. The van der Waals surface area contributed by atoms with Gasteiger partial charge in [0, 0.05) is 12.2 Å². The Balaban J connectivity index is 2.77. The van der Waals surface area contributed by atoms with Gasteiger partial charge in [0.15, 0.2) is 0 Å². The highest BCUT2D eigenvalue weighted by Crippen LogP contribution is 2.29. The maximum absolute atomic E-state index is 11.4. The quantitative estimate of drug-likeness (QED) is 0.833. The first-order valence-electron chi connectivity index (χ1n) is 6.27. The molecule has 3 nitrogen and oxygen atoms in total. The van der Waals surface area contributed by atoms with Crippen LogP contribution >= 0.6 is 0 Å². The molecule has 0 aromatic heterocycles. The molecule has 1 N–H and O–H groups in total. The molecule has 100 valence electrons. The topological polar surface area (TPSA) is 38.3 Å². The largest absolute Gasteiger partial charge is 0.469 e. The SMILES string of the molecule is COC(=O)C(C)CNc1ccccc1C(C)(C)C. The van der Waals surface area contributed by atoms with E-state index in [0.717, 1.165) is 5.69 Å². The van der Waals surface area contributed by atoms with Crippen LogP contribution in [0.15, 0.2) is 24.3 Å². The zero-order valence-electron chi connectivity index (χ0n) is 11.9. The first-order chi connectivity index (χ1) is 8.36. The summed E-state index contributed by atoms with van der Waals surface area (Å²) in [6, 6.07) is 8.20. The number of hydrogen-bond donors (Lipinski definition) is 1. The Bertz CT molecular complexity index is 407. The molecule has 0 bridgehead atoms. The van der Waals surface area contributed by atoms with E-state index < -0.39 is 0 Å². The van der Waals surface area contributed by atoms with Crippen molar-refractivity contribution in [3.8, 4) is 0 Å². The standard InChI is InChI=1S/C15H23NO2/c1-11(14(17)18-5)10-16-13-9-7-6-8-12(13)15(2,3)4/h6-9,11,16H,10H2,1-5H3. The van der Waals surface area contributed by atoms with Crippen molar-refractivity contribution in [2.45, 2.75) is 33.1 Å². The predicted octanol–water partition coefficient (Wildman–Crippen LogP) is 3.21. The molecule has 0 aliphatic rings. The number of carbonyl (C=O) groups excluding carboxylic acids is 1. The second kappa shape index (κ2) is 5.89. The van der Waals surface area contributed by atoms with Gasteiger partial charge in [0.1, 0.15) is 0 Å². The van der Waals surface area contributed by atoms with Crippen LogP contribution in [0.5, 0.6) is 0 Å². The molecule has 0 amide bonds. The lowest BCUT2D eigenvalue weighted by atomic mass is 9.86. The lowest BCUT2D eigenvalue weighted by Crippen LogP contribution is -2.23. The molecule has 18 heavy (non-hydrogen) atoms. The Morgan fingerprint density at radius 2 is 1.94 bits per heavy atom. The molecule has 1 rings (SSSR count). The molecular weight excluding hydrogens is 226 g/mol. The minimum Gasteiger partial charge on any atom is -0.469 e. The van der Waals surface area contributed by atoms with Gasteiger partial charge >= 0.3 is 5.97 Å². The number of hydrogen-bond acceptors (Lipinski definition) is 3. The molecule has 0 radical (unpaired) electrons. The van der Waals surface area contributed by atoms with Gasteiger partial charge in [-0.2, -0.15) is 0 Å². The molecular formula is C15H23NO2. The molecule has 1 aromatic carbocycles. The van der Waals surface area contributed by atoms with Crippen molar-refractivity contribution < 1.29 is 9.53 Å². The van der Waals surface area contributed by atoms with Crippen LogP contribution in [0.4, 0.5) is 5.69 Å². The third-order valence-electron chi connectivity index (χ3n) is 2.94. The van der Waals surface area contributed by atoms with Crippen molar-refractivity contribution in [2.24, 2.45) is 5.92 Å². The van der Waals surface area contributed by atoms with Crippen LogP contribution < -0.4 is 5.32 Å². The third kappa shape index (κ3) is 3.76. The van der Waals surface area contributed by atoms with Crippen molar-refractivity contribution >= 4 is 11.7 Å². The molecule has 0 fully saturated rings. The predicted molar refractivity (Wildman–Crippen MR) is 74.8 cm³/mol. The monoisotopic (exact) mass is 249 g/mol. The van der Waals surface area contributed by atoms with E-state index in [1.54, 1.807) is 0 Å². The van der Waals surface area contributed by atoms with E-state index >= 15 is 0 Å². The second-order valence-electron chi connectivity index (χ2n) is 5.60. The van der Waals surface area contributed by atoms with Crippen LogP contribution in [0.1, 0.15) is 33.3 Å². The maximum Gasteiger partial charge on any atom is 0.310 e.